The molecule has 0 fully saturated rings. The number of furan rings is 1. The lowest BCUT2D eigenvalue weighted by molar-refractivity contribution is -0.150. The summed E-state index contributed by atoms with van der Waals surface area (Å²) in [5, 5.41) is 11.8. The van der Waals surface area contributed by atoms with Gasteiger partial charge in [0.15, 0.2) is 0 Å². The maximum Gasteiger partial charge on any atom is 0.323 e. The van der Waals surface area contributed by atoms with E-state index in [2.05, 4.69) is 19.2 Å². The number of esters is 1. The zero-order valence-electron chi connectivity index (χ0n) is 12.5. The molecular formula is C15H22N2O3. The Bertz CT molecular complexity index is 472. The van der Waals surface area contributed by atoms with Gasteiger partial charge in [-0.15, -0.1) is 0 Å². The standard InChI is InChI=1S/C15H22N2O3/c1-10(2)7-14(15(18)19-11(3)4)17-9-13-6-5-12(8-16)20-13/h5-6,10-11,14,17H,7,9H2,1-4H3/t14-/m0/s1. The molecule has 0 aliphatic carbocycles. The largest absolute Gasteiger partial charge is 0.462 e. The molecule has 1 N–H and O–H groups in total. The van der Waals surface area contributed by atoms with Gasteiger partial charge < -0.3 is 9.15 Å². The molecule has 20 heavy (non-hydrogen) atoms. The highest BCUT2D eigenvalue weighted by atomic mass is 16.5. The van der Waals surface area contributed by atoms with Gasteiger partial charge in [0, 0.05) is 0 Å². The second-order valence-electron chi connectivity index (χ2n) is 5.43. The quantitative estimate of drug-likeness (QED) is 0.776. The van der Waals surface area contributed by atoms with E-state index in [1.165, 1.54) is 0 Å². The SMILES string of the molecule is CC(C)C[C@H](NCc1ccc(C#N)o1)C(=O)OC(C)C. The Hall–Kier alpha value is -1.80. The first kappa shape index (κ1) is 16.3. The summed E-state index contributed by atoms with van der Waals surface area (Å²) in [7, 11) is 0. The molecule has 0 unspecified atom stereocenters. The van der Waals surface area contributed by atoms with Crippen molar-refractivity contribution >= 4 is 5.97 Å². The lowest BCUT2D eigenvalue weighted by atomic mass is 10.0. The van der Waals surface area contributed by atoms with Gasteiger partial charge >= 0.3 is 5.97 Å². The number of hydrogen-bond donors (Lipinski definition) is 1. The molecule has 5 nitrogen and oxygen atoms in total. The fraction of sp³-hybridized carbons (Fsp3) is 0.600. The van der Waals surface area contributed by atoms with Gasteiger partial charge in [-0.3, -0.25) is 10.1 Å². The van der Waals surface area contributed by atoms with Crippen LogP contribution in [0.25, 0.3) is 0 Å². The van der Waals surface area contributed by atoms with E-state index in [9.17, 15) is 4.79 Å². The smallest absolute Gasteiger partial charge is 0.323 e. The maximum atomic E-state index is 12.0. The third kappa shape index (κ3) is 5.45. The Kier molecular flexibility index (Phi) is 6.26. The van der Waals surface area contributed by atoms with E-state index in [0.29, 0.717) is 24.6 Å². The second-order valence-corrected chi connectivity index (χ2v) is 5.43. The fourth-order valence-electron chi connectivity index (χ4n) is 1.81. The molecule has 1 aromatic rings. The van der Waals surface area contributed by atoms with Crippen molar-refractivity contribution in [2.45, 2.75) is 52.8 Å². The van der Waals surface area contributed by atoms with Crippen LogP contribution in [0.15, 0.2) is 16.5 Å². The number of nitrogens with zero attached hydrogens (tertiary/aromatic N) is 1. The molecule has 1 aromatic heterocycles. The molecule has 0 aliphatic heterocycles. The molecule has 0 radical (unpaired) electrons. The number of nitrogens with one attached hydrogen (secondary N) is 1. The van der Waals surface area contributed by atoms with E-state index in [4.69, 9.17) is 14.4 Å². The highest BCUT2D eigenvalue weighted by Gasteiger charge is 2.22. The Morgan fingerprint density at radius 3 is 2.60 bits per heavy atom. The molecule has 110 valence electrons. The zero-order chi connectivity index (χ0) is 15.1. The van der Waals surface area contributed by atoms with E-state index in [1.54, 1.807) is 12.1 Å². The van der Waals surface area contributed by atoms with Crippen molar-refractivity contribution in [2.75, 3.05) is 0 Å². The minimum atomic E-state index is -0.368. The lowest BCUT2D eigenvalue weighted by Gasteiger charge is -2.20. The molecule has 0 spiro atoms. The van der Waals surface area contributed by atoms with Gasteiger partial charge in [-0.05, 0) is 38.3 Å². The van der Waals surface area contributed by atoms with Crippen molar-refractivity contribution in [3.8, 4) is 6.07 Å². The van der Waals surface area contributed by atoms with E-state index in [0.717, 1.165) is 0 Å². The van der Waals surface area contributed by atoms with Crippen LogP contribution in [0.3, 0.4) is 0 Å². The van der Waals surface area contributed by atoms with Crippen molar-refractivity contribution in [2.24, 2.45) is 5.92 Å². The van der Waals surface area contributed by atoms with Crippen molar-refractivity contribution in [3.05, 3.63) is 23.7 Å². The van der Waals surface area contributed by atoms with E-state index in [1.807, 2.05) is 19.9 Å². The average molecular weight is 278 g/mol. The maximum absolute atomic E-state index is 12.0. The molecule has 0 aliphatic rings. The Balaban J connectivity index is 2.60. The molecule has 0 bridgehead atoms. The molecule has 1 atom stereocenters. The summed E-state index contributed by atoms with van der Waals surface area (Å²) in [5.74, 6) is 1.03. The summed E-state index contributed by atoms with van der Waals surface area (Å²) in [4.78, 5) is 12.0. The number of hydrogen-bond acceptors (Lipinski definition) is 5. The molecular weight excluding hydrogens is 256 g/mol. The molecule has 0 saturated heterocycles. The topological polar surface area (TPSA) is 75.3 Å². The predicted octanol–water partition coefficient (Wildman–Crippen LogP) is 2.61. The van der Waals surface area contributed by atoms with Crippen LogP contribution in [0.2, 0.25) is 0 Å². The Morgan fingerprint density at radius 2 is 2.10 bits per heavy atom. The van der Waals surface area contributed by atoms with Crippen LogP contribution in [0.5, 0.6) is 0 Å². The van der Waals surface area contributed by atoms with Crippen LogP contribution in [-0.2, 0) is 16.1 Å². The van der Waals surface area contributed by atoms with Crippen LogP contribution in [-0.4, -0.2) is 18.1 Å². The van der Waals surface area contributed by atoms with Gasteiger partial charge in [0.05, 0.1) is 12.6 Å². The van der Waals surface area contributed by atoms with Crippen LogP contribution in [0.4, 0.5) is 0 Å². The Labute approximate surface area is 119 Å². The van der Waals surface area contributed by atoms with Crippen LogP contribution in [0.1, 0.15) is 45.6 Å². The molecule has 1 heterocycles. The minimum absolute atomic E-state index is 0.132. The summed E-state index contributed by atoms with van der Waals surface area (Å²) >= 11 is 0. The predicted molar refractivity (Wildman–Crippen MR) is 74.7 cm³/mol. The van der Waals surface area contributed by atoms with Gasteiger partial charge in [0.1, 0.15) is 17.9 Å². The number of rotatable bonds is 7. The summed E-state index contributed by atoms with van der Waals surface area (Å²) < 4.78 is 10.5. The minimum Gasteiger partial charge on any atom is -0.462 e. The third-order valence-electron chi connectivity index (χ3n) is 2.64. The van der Waals surface area contributed by atoms with E-state index < -0.39 is 0 Å². The number of nitriles is 1. The normalized spacial score (nSPS) is 12.4. The van der Waals surface area contributed by atoms with Gasteiger partial charge in [0.2, 0.25) is 5.76 Å². The van der Waals surface area contributed by atoms with Gasteiger partial charge in [-0.1, -0.05) is 13.8 Å². The van der Waals surface area contributed by atoms with Gasteiger partial charge in [-0.2, -0.15) is 5.26 Å². The zero-order valence-corrected chi connectivity index (χ0v) is 12.5. The van der Waals surface area contributed by atoms with E-state index in [-0.39, 0.29) is 23.9 Å². The Morgan fingerprint density at radius 1 is 1.40 bits per heavy atom. The summed E-state index contributed by atoms with van der Waals surface area (Å²) in [6, 6.07) is 4.90. The molecule has 0 aromatic carbocycles. The molecule has 5 heteroatoms. The van der Waals surface area contributed by atoms with Crippen molar-refractivity contribution in [1.29, 1.82) is 5.26 Å². The second kappa shape index (κ2) is 7.71. The van der Waals surface area contributed by atoms with Crippen molar-refractivity contribution in [3.63, 3.8) is 0 Å². The van der Waals surface area contributed by atoms with Crippen LogP contribution < -0.4 is 5.32 Å². The monoisotopic (exact) mass is 278 g/mol. The summed E-state index contributed by atoms with van der Waals surface area (Å²) in [5.41, 5.74) is 0. The molecule has 0 amide bonds. The first-order valence-electron chi connectivity index (χ1n) is 6.85. The highest BCUT2D eigenvalue weighted by molar-refractivity contribution is 5.75. The van der Waals surface area contributed by atoms with Crippen LogP contribution in [0, 0.1) is 17.2 Å². The third-order valence-corrected chi connectivity index (χ3v) is 2.64. The van der Waals surface area contributed by atoms with E-state index >= 15 is 0 Å². The van der Waals surface area contributed by atoms with Gasteiger partial charge in [0.25, 0.3) is 0 Å². The lowest BCUT2D eigenvalue weighted by Crippen LogP contribution is -2.39. The van der Waals surface area contributed by atoms with Crippen molar-refractivity contribution < 1.29 is 13.9 Å². The highest BCUT2D eigenvalue weighted by Crippen LogP contribution is 2.11. The molecule has 1 rings (SSSR count). The first-order valence-corrected chi connectivity index (χ1v) is 6.85. The number of carbonyl (C=O) groups excluding carboxylic acids is 1. The number of ether oxygens (including phenoxy) is 1. The average Bonchev–Trinajstić information content (AvgIpc) is 2.81. The first-order chi connectivity index (χ1) is 9.42. The van der Waals surface area contributed by atoms with Crippen molar-refractivity contribution in [1.82, 2.24) is 5.32 Å². The number of carbonyl (C=O) groups is 1. The summed E-state index contributed by atoms with van der Waals surface area (Å²) in [6.45, 7) is 8.16. The molecule has 0 saturated carbocycles. The van der Waals surface area contributed by atoms with Gasteiger partial charge in [-0.25, -0.2) is 0 Å². The van der Waals surface area contributed by atoms with Crippen LogP contribution >= 0.6 is 0 Å². The summed E-state index contributed by atoms with van der Waals surface area (Å²) in [6.07, 6.45) is 0.560. The fourth-order valence-corrected chi connectivity index (χ4v) is 1.81.